The molecule has 0 saturated heterocycles. The van der Waals surface area contributed by atoms with E-state index in [-0.39, 0.29) is 6.04 Å². The Morgan fingerprint density at radius 3 is 1.60 bits per heavy atom. The maximum absolute atomic E-state index is 4.59. The third kappa shape index (κ3) is 7.03. The molecule has 202 valence electrons. The van der Waals surface area contributed by atoms with Crippen molar-refractivity contribution in [2.24, 2.45) is 10.3 Å². The number of benzene rings is 3. The molecule has 2 aromatic heterocycles. The molecule has 1 unspecified atom stereocenters. The zero-order valence-corrected chi connectivity index (χ0v) is 22.3. The van der Waals surface area contributed by atoms with Gasteiger partial charge < -0.3 is 0 Å². The summed E-state index contributed by atoms with van der Waals surface area (Å²) in [6, 6.07) is 31.0. The van der Waals surface area contributed by atoms with E-state index in [1.807, 2.05) is 69.2 Å². The molecule has 0 spiro atoms. The highest BCUT2D eigenvalue weighted by molar-refractivity contribution is 5.16. The molecule has 10 nitrogen and oxygen atoms in total. The van der Waals surface area contributed by atoms with E-state index in [2.05, 4.69) is 84.4 Å². The van der Waals surface area contributed by atoms with Crippen LogP contribution in [0.25, 0.3) is 0 Å². The fraction of sp³-hybridized carbons (Fsp3) is 0.267. The Morgan fingerprint density at radius 1 is 0.625 bits per heavy atom. The van der Waals surface area contributed by atoms with Gasteiger partial charge in [-0.15, -0.1) is 10.2 Å². The van der Waals surface area contributed by atoms with Gasteiger partial charge in [-0.1, -0.05) is 107 Å². The van der Waals surface area contributed by atoms with Crippen LogP contribution in [-0.4, -0.2) is 59.0 Å². The summed E-state index contributed by atoms with van der Waals surface area (Å²) in [6.07, 6.45) is 4.04. The highest BCUT2D eigenvalue weighted by Gasteiger charge is 2.24. The fourth-order valence-corrected chi connectivity index (χ4v) is 4.91. The Labute approximate surface area is 233 Å². The summed E-state index contributed by atoms with van der Waals surface area (Å²) in [5.41, 5.74) is 5.42. The van der Waals surface area contributed by atoms with E-state index in [1.54, 1.807) is 0 Å². The zero-order valence-electron chi connectivity index (χ0n) is 22.3. The lowest BCUT2D eigenvalue weighted by Gasteiger charge is -2.22. The second-order valence-electron chi connectivity index (χ2n) is 10.1. The molecule has 3 heterocycles. The molecule has 0 N–H and O–H groups in total. The third-order valence-corrected chi connectivity index (χ3v) is 6.76. The maximum Gasteiger partial charge on any atom is 0.105 e. The molecule has 6 rings (SSSR count). The number of hydrogen-bond acceptors (Lipinski definition) is 8. The molecule has 0 amide bonds. The lowest BCUT2D eigenvalue weighted by atomic mass is 10.2. The van der Waals surface area contributed by atoms with Crippen molar-refractivity contribution in [2.75, 3.05) is 13.1 Å². The molecular weight excluding hydrogens is 500 g/mol. The topological polar surface area (TPSA) is 92.6 Å². The summed E-state index contributed by atoms with van der Waals surface area (Å²) in [4.78, 5) is 2.31. The average molecular weight is 533 g/mol. The van der Waals surface area contributed by atoms with Gasteiger partial charge in [0, 0.05) is 19.6 Å². The van der Waals surface area contributed by atoms with Crippen LogP contribution in [0.4, 0.5) is 0 Å². The van der Waals surface area contributed by atoms with Gasteiger partial charge in [0.15, 0.2) is 0 Å². The van der Waals surface area contributed by atoms with Crippen molar-refractivity contribution in [3.05, 3.63) is 131 Å². The van der Waals surface area contributed by atoms with Crippen molar-refractivity contribution in [1.82, 2.24) is 39.9 Å². The van der Waals surface area contributed by atoms with Crippen molar-refractivity contribution in [3.8, 4) is 0 Å². The molecule has 40 heavy (non-hydrogen) atoms. The van der Waals surface area contributed by atoms with Gasteiger partial charge in [-0.05, 0) is 16.7 Å². The SMILES string of the molecule is c1ccc(CN2CC(CN(Cc3cn(Cc4ccccc4)nn3)Cc3cn(Cc4ccccc4)nn3)N=N2)cc1. The summed E-state index contributed by atoms with van der Waals surface area (Å²) >= 11 is 0. The van der Waals surface area contributed by atoms with E-state index >= 15 is 0 Å². The van der Waals surface area contributed by atoms with E-state index < -0.39 is 0 Å². The van der Waals surface area contributed by atoms with Crippen LogP contribution >= 0.6 is 0 Å². The predicted octanol–water partition coefficient (Wildman–Crippen LogP) is 4.22. The standard InChI is InChI=1S/C30H32N10/c1-4-10-25(11-5-1)16-38-22-28(31-34-38)19-37(20-29-23-39(35-32-29)17-26-12-6-2-7-13-26)21-30-24-40(36-33-30)18-27-14-8-3-9-15-27/h1-15,22-23,30H,16-21,24H2. The first-order valence-corrected chi connectivity index (χ1v) is 13.5. The van der Waals surface area contributed by atoms with E-state index in [0.29, 0.717) is 26.2 Å². The summed E-state index contributed by atoms with van der Waals surface area (Å²) in [6.45, 7) is 4.89. The summed E-state index contributed by atoms with van der Waals surface area (Å²) in [5.74, 6) is 0. The highest BCUT2D eigenvalue weighted by atomic mass is 15.6. The van der Waals surface area contributed by atoms with Gasteiger partial charge in [0.2, 0.25) is 0 Å². The van der Waals surface area contributed by atoms with Crippen LogP contribution in [0.3, 0.4) is 0 Å². The van der Waals surface area contributed by atoms with E-state index in [0.717, 1.165) is 31.0 Å². The van der Waals surface area contributed by atoms with Crippen LogP contribution in [0.5, 0.6) is 0 Å². The Balaban J connectivity index is 1.12. The average Bonchev–Trinajstić information content (AvgIpc) is 3.73. The minimum absolute atomic E-state index is 0.0578. The Bertz CT molecular complexity index is 1420. The maximum atomic E-state index is 4.59. The van der Waals surface area contributed by atoms with Crippen LogP contribution in [0.2, 0.25) is 0 Å². The molecular formula is C30H32N10. The van der Waals surface area contributed by atoms with Gasteiger partial charge in [0.1, 0.15) is 6.04 Å². The van der Waals surface area contributed by atoms with Crippen molar-refractivity contribution in [2.45, 2.75) is 38.8 Å². The molecule has 0 saturated carbocycles. The van der Waals surface area contributed by atoms with E-state index in [4.69, 9.17) is 0 Å². The van der Waals surface area contributed by atoms with Crippen molar-refractivity contribution in [1.29, 1.82) is 0 Å². The molecule has 0 radical (unpaired) electrons. The van der Waals surface area contributed by atoms with Gasteiger partial charge in [0.25, 0.3) is 0 Å². The van der Waals surface area contributed by atoms with Crippen LogP contribution in [0, 0.1) is 0 Å². The molecule has 5 aromatic rings. The largest absolute Gasteiger partial charge is 0.289 e. The van der Waals surface area contributed by atoms with Crippen LogP contribution in [0.15, 0.2) is 114 Å². The first-order valence-electron chi connectivity index (χ1n) is 13.5. The van der Waals surface area contributed by atoms with Crippen molar-refractivity contribution >= 4 is 0 Å². The Hall–Kier alpha value is -4.70. The number of hydrogen-bond donors (Lipinski definition) is 0. The van der Waals surface area contributed by atoms with Crippen molar-refractivity contribution in [3.63, 3.8) is 0 Å². The summed E-state index contributed by atoms with van der Waals surface area (Å²) in [5, 5.41) is 28.7. The molecule has 0 fully saturated rings. The highest BCUT2D eigenvalue weighted by Crippen LogP contribution is 2.17. The van der Waals surface area contributed by atoms with Gasteiger partial charge in [-0.2, -0.15) is 5.11 Å². The smallest absolute Gasteiger partial charge is 0.105 e. The van der Waals surface area contributed by atoms with Crippen LogP contribution in [0.1, 0.15) is 28.1 Å². The molecule has 1 aliphatic rings. The number of aromatic nitrogens is 6. The molecule has 1 aliphatic heterocycles. The van der Waals surface area contributed by atoms with Gasteiger partial charge >= 0.3 is 0 Å². The molecule has 1 atom stereocenters. The van der Waals surface area contributed by atoms with E-state index in [9.17, 15) is 0 Å². The predicted molar refractivity (Wildman–Crippen MR) is 151 cm³/mol. The first-order chi connectivity index (χ1) is 19.7. The minimum Gasteiger partial charge on any atom is -0.289 e. The van der Waals surface area contributed by atoms with E-state index in [1.165, 1.54) is 16.7 Å². The fourth-order valence-electron chi connectivity index (χ4n) is 4.91. The number of rotatable bonds is 12. The Kier molecular flexibility index (Phi) is 7.95. The minimum atomic E-state index is 0.0578. The van der Waals surface area contributed by atoms with Crippen LogP contribution in [-0.2, 0) is 32.7 Å². The first kappa shape index (κ1) is 25.6. The van der Waals surface area contributed by atoms with Gasteiger partial charge in [-0.25, -0.2) is 9.36 Å². The summed E-state index contributed by atoms with van der Waals surface area (Å²) in [7, 11) is 0. The van der Waals surface area contributed by atoms with Crippen LogP contribution < -0.4 is 0 Å². The van der Waals surface area contributed by atoms with Crippen molar-refractivity contribution < 1.29 is 0 Å². The van der Waals surface area contributed by atoms with Gasteiger partial charge in [-0.3, -0.25) is 9.91 Å². The zero-order chi connectivity index (χ0) is 27.0. The molecule has 3 aromatic carbocycles. The Morgan fingerprint density at radius 2 is 1.10 bits per heavy atom. The number of nitrogens with zero attached hydrogens (tertiary/aromatic N) is 10. The molecule has 0 bridgehead atoms. The lowest BCUT2D eigenvalue weighted by Crippen LogP contribution is -2.34. The quantitative estimate of drug-likeness (QED) is 0.239. The molecule has 10 heteroatoms. The third-order valence-electron chi connectivity index (χ3n) is 6.76. The second-order valence-corrected chi connectivity index (χ2v) is 10.1. The molecule has 0 aliphatic carbocycles. The van der Waals surface area contributed by atoms with Gasteiger partial charge in [0.05, 0.1) is 50.0 Å². The second kappa shape index (κ2) is 12.4. The monoisotopic (exact) mass is 532 g/mol. The summed E-state index contributed by atoms with van der Waals surface area (Å²) < 4.78 is 3.77. The normalized spacial score (nSPS) is 14.8. The lowest BCUT2D eigenvalue weighted by molar-refractivity contribution is 0.222.